The van der Waals surface area contributed by atoms with Crippen LogP contribution in [0.2, 0.25) is 22.2 Å². The molecule has 0 fully saturated rings. The number of allylic oxidation sites excluding steroid dienone is 8. The van der Waals surface area contributed by atoms with Gasteiger partial charge in [0.25, 0.3) is 0 Å². The van der Waals surface area contributed by atoms with E-state index in [9.17, 15) is 0 Å². The van der Waals surface area contributed by atoms with Crippen LogP contribution in [0.15, 0.2) is 69.3 Å². The molecule has 186 valence electrons. The molecule has 0 N–H and O–H groups in total. The summed E-state index contributed by atoms with van der Waals surface area (Å²) in [6.07, 6.45) is 0. The molecular weight excluding hydrogens is 465 g/mol. The van der Waals surface area contributed by atoms with Gasteiger partial charge >= 0.3 is 0 Å². The van der Waals surface area contributed by atoms with Crippen molar-refractivity contribution in [1.82, 2.24) is 0 Å². The smallest absolute Gasteiger partial charge is 0.0645 e. The molecule has 2 aromatic rings. The van der Waals surface area contributed by atoms with Crippen LogP contribution in [0.4, 0.5) is 0 Å². The van der Waals surface area contributed by atoms with Crippen LogP contribution >= 0.6 is 0 Å². The van der Waals surface area contributed by atoms with Crippen molar-refractivity contribution in [2.75, 3.05) is 0 Å². The first-order valence-corrected chi connectivity index (χ1v) is 18.5. The van der Waals surface area contributed by atoms with Crippen LogP contribution in [-0.4, -0.2) is 16.1 Å². The lowest BCUT2D eigenvalue weighted by Gasteiger charge is -2.42. The first-order valence-electron chi connectivity index (χ1n) is 14.2. The SMILES string of the molecule is CC1=C2C(=C3C(=C4C(=C(C)c5ccccc54)[Si]3(C(C)C)C(C)C)[Si]2(C(C)C)C(C)C)c2ccccc21. The minimum absolute atomic E-state index is 0.658. The Kier molecular flexibility index (Phi) is 5.16. The maximum atomic E-state index is 2.56. The number of hydrogen-bond donors (Lipinski definition) is 0. The Balaban J connectivity index is 1.92. The zero-order valence-corrected chi connectivity index (χ0v) is 25.9. The molecule has 2 aromatic carbocycles. The zero-order chi connectivity index (χ0) is 25.9. The van der Waals surface area contributed by atoms with Gasteiger partial charge in [-0.25, -0.2) is 0 Å². The fraction of sp³-hybridized carbons (Fsp3) is 0.412. The van der Waals surface area contributed by atoms with E-state index in [0.717, 1.165) is 0 Å². The molecule has 6 rings (SSSR count). The summed E-state index contributed by atoms with van der Waals surface area (Å²) < 4.78 is 0. The van der Waals surface area contributed by atoms with Crippen LogP contribution < -0.4 is 0 Å². The van der Waals surface area contributed by atoms with Crippen LogP contribution in [0.3, 0.4) is 0 Å². The highest BCUT2D eigenvalue weighted by Gasteiger charge is 2.67. The Hall–Kier alpha value is -2.17. The van der Waals surface area contributed by atoms with Gasteiger partial charge in [-0.1, -0.05) is 104 Å². The minimum Gasteiger partial charge on any atom is -0.0645 e. The highest BCUT2D eigenvalue weighted by molar-refractivity contribution is 7.12. The van der Waals surface area contributed by atoms with E-state index in [1.165, 1.54) is 11.1 Å². The number of rotatable bonds is 4. The fourth-order valence-electron chi connectivity index (χ4n) is 9.49. The van der Waals surface area contributed by atoms with E-state index in [-0.39, 0.29) is 0 Å². The maximum Gasteiger partial charge on any atom is 0.124 e. The molecule has 0 amide bonds. The van der Waals surface area contributed by atoms with Gasteiger partial charge in [-0.2, -0.15) is 0 Å². The van der Waals surface area contributed by atoms with Gasteiger partial charge in [0.1, 0.15) is 16.1 Å². The van der Waals surface area contributed by atoms with Gasteiger partial charge in [-0.15, -0.1) is 0 Å². The van der Waals surface area contributed by atoms with Crippen molar-refractivity contribution < 1.29 is 0 Å². The second kappa shape index (κ2) is 7.68. The Morgan fingerprint density at radius 2 is 0.694 bits per heavy atom. The normalized spacial score (nSPS) is 20.9. The van der Waals surface area contributed by atoms with E-state index in [4.69, 9.17) is 0 Å². The largest absolute Gasteiger partial charge is 0.124 e. The van der Waals surface area contributed by atoms with E-state index in [2.05, 4.69) is 118 Å². The molecule has 4 aliphatic rings. The molecule has 0 atom stereocenters. The average Bonchev–Trinajstić information content (AvgIpc) is 3.49. The monoisotopic (exact) mass is 506 g/mol. The summed E-state index contributed by atoms with van der Waals surface area (Å²) in [5, 5.41) is 7.37. The van der Waals surface area contributed by atoms with Crippen molar-refractivity contribution in [3.8, 4) is 0 Å². The second-order valence-electron chi connectivity index (χ2n) is 12.9. The zero-order valence-electron chi connectivity index (χ0n) is 23.9. The van der Waals surface area contributed by atoms with Crippen LogP contribution in [0.1, 0.15) is 91.5 Å². The number of hydrogen-bond acceptors (Lipinski definition) is 0. The summed E-state index contributed by atoms with van der Waals surface area (Å²) in [6.45, 7) is 25.4. The first kappa shape index (κ1) is 24.2. The quantitative estimate of drug-likeness (QED) is 0.362. The molecule has 2 heteroatoms. The molecular formula is C34H42Si2. The minimum atomic E-state index is -2.09. The van der Waals surface area contributed by atoms with Crippen molar-refractivity contribution in [3.05, 3.63) is 91.6 Å². The Morgan fingerprint density at radius 3 is 0.972 bits per heavy atom. The van der Waals surface area contributed by atoms with Crippen LogP contribution in [0.25, 0.3) is 22.3 Å². The molecule has 0 spiro atoms. The summed E-state index contributed by atoms with van der Waals surface area (Å²) in [5.41, 5.74) is 15.3. The van der Waals surface area contributed by atoms with Crippen molar-refractivity contribution in [2.45, 2.75) is 91.4 Å². The van der Waals surface area contributed by atoms with Gasteiger partial charge in [0, 0.05) is 0 Å². The third kappa shape index (κ3) is 2.42. The summed E-state index contributed by atoms with van der Waals surface area (Å²) in [7, 11) is -4.17. The lowest BCUT2D eigenvalue weighted by molar-refractivity contribution is 0.912. The second-order valence-corrected chi connectivity index (χ2v) is 23.0. The standard InChI is InChI=1S/C34H42Si2/c1-19(2)35(20(3)4)31-23(9)25-15-11-13-17-27(25)29(31)34-33(35)30-28-18-14-12-16-26(28)24(10)32(30)36(34,21(5)6)22(7)8/h11-22H,1-10H3. The fourth-order valence-corrected chi connectivity index (χ4v) is 24.1. The Morgan fingerprint density at radius 1 is 0.417 bits per heavy atom. The Labute approximate surface area is 220 Å². The highest BCUT2D eigenvalue weighted by atomic mass is 28.3. The lowest BCUT2D eigenvalue weighted by Crippen LogP contribution is -2.47. The molecule has 2 aliphatic heterocycles. The lowest BCUT2D eigenvalue weighted by atomic mass is 10.0. The van der Waals surface area contributed by atoms with Crippen LogP contribution in [0.5, 0.6) is 0 Å². The van der Waals surface area contributed by atoms with Crippen LogP contribution in [-0.2, 0) is 0 Å². The van der Waals surface area contributed by atoms with Crippen LogP contribution in [0, 0.1) is 0 Å². The average molecular weight is 507 g/mol. The van der Waals surface area contributed by atoms with E-state index in [1.54, 1.807) is 33.4 Å². The van der Waals surface area contributed by atoms with E-state index < -0.39 is 16.1 Å². The molecule has 2 aliphatic carbocycles. The molecule has 0 radical (unpaired) electrons. The highest BCUT2D eigenvalue weighted by Crippen LogP contribution is 2.73. The van der Waals surface area contributed by atoms with Gasteiger partial charge in [0.05, 0.1) is 0 Å². The topological polar surface area (TPSA) is 0 Å². The molecule has 0 saturated carbocycles. The van der Waals surface area contributed by atoms with Gasteiger partial charge in [-0.3, -0.25) is 0 Å². The molecule has 36 heavy (non-hydrogen) atoms. The third-order valence-corrected chi connectivity index (χ3v) is 23.6. The third-order valence-electron chi connectivity index (χ3n) is 10.5. The van der Waals surface area contributed by atoms with E-state index in [1.807, 2.05) is 20.8 Å². The Bertz CT molecular complexity index is 1320. The van der Waals surface area contributed by atoms with Crippen molar-refractivity contribution in [2.24, 2.45) is 0 Å². The van der Waals surface area contributed by atoms with Gasteiger partial charge in [0.2, 0.25) is 0 Å². The molecule has 0 saturated heterocycles. The maximum absolute atomic E-state index is 2.56. The number of fused-ring (bicyclic) bond motifs is 7. The summed E-state index contributed by atoms with van der Waals surface area (Å²) in [6, 6.07) is 18.8. The summed E-state index contributed by atoms with van der Waals surface area (Å²) in [5.74, 6) is 0. The predicted molar refractivity (Wildman–Crippen MR) is 164 cm³/mol. The first-order chi connectivity index (χ1) is 17.0. The van der Waals surface area contributed by atoms with Crippen molar-refractivity contribution in [3.63, 3.8) is 0 Å². The number of benzene rings is 2. The molecule has 2 heterocycles. The van der Waals surface area contributed by atoms with Gasteiger partial charge in [0.15, 0.2) is 0 Å². The summed E-state index contributed by atoms with van der Waals surface area (Å²) in [4.78, 5) is 0. The van der Waals surface area contributed by atoms with E-state index in [0.29, 0.717) is 22.2 Å². The van der Waals surface area contributed by atoms with E-state index >= 15 is 0 Å². The molecule has 0 bridgehead atoms. The van der Waals surface area contributed by atoms with Crippen molar-refractivity contribution >= 4 is 38.4 Å². The molecule has 0 aromatic heterocycles. The molecule has 0 nitrogen and oxygen atoms in total. The predicted octanol–water partition coefficient (Wildman–Crippen LogP) is 10.2. The molecule has 0 unspecified atom stereocenters. The summed E-state index contributed by atoms with van der Waals surface area (Å²) >= 11 is 0. The van der Waals surface area contributed by atoms with Gasteiger partial charge in [-0.05, 0) is 101 Å². The van der Waals surface area contributed by atoms with Crippen molar-refractivity contribution in [1.29, 1.82) is 0 Å². The van der Waals surface area contributed by atoms with Gasteiger partial charge < -0.3 is 0 Å².